The van der Waals surface area contributed by atoms with Crippen LogP contribution in [0.15, 0.2) is 77.2 Å². The maximum Gasteiger partial charge on any atom is 0.285 e. The van der Waals surface area contributed by atoms with Gasteiger partial charge in [0, 0.05) is 48.4 Å². The van der Waals surface area contributed by atoms with Crippen LogP contribution in [0.1, 0.15) is 72.0 Å². The summed E-state index contributed by atoms with van der Waals surface area (Å²) in [6.45, 7) is 2.01. The molecule has 10 heteroatoms. The number of allylic oxidation sites excluding steroid dienone is 1. The molecule has 0 saturated heterocycles. The Labute approximate surface area is 305 Å². The summed E-state index contributed by atoms with van der Waals surface area (Å²) in [5.74, 6) is 0.112. The molecule has 4 aliphatic rings. The van der Waals surface area contributed by atoms with Crippen molar-refractivity contribution in [1.29, 1.82) is 0 Å². The number of carbonyl (C=O) groups is 2. The quantitative estimate of drug-likeness (QED) is 0.238. The number of ketones is 1. The van der Waals surface area contributed by atoms with Gasteiger partial charge in [-0.15, -0.1) is 0 Å². The molecule has 5 atom stereocenters. The molecule has 0 radical (unpaired) electrons. The molecule has 0 N–H and O–H groups in total. The first-order valence-corrected chi connectivity index (χ1v) is 20.4. The predicted molar refractivity (Wildman–Crippen MR) is 200 cm³/mol. The Kier molecular flexibility index (Phi) is 10.7. The van der Waals surface area contributed by atoms with E-state index in [2.05, 4.69) is 33.5 Å². The van der Waals surface area contributed by atoms with E-state index in [0.29, 0.717) is 49.0 Å². The average Bonchev–Trinajstić information content (AvgIpc) is 3.25. The topological polar surface area (TPSA) is 85.3 Å². The van der Waals surface area contributed by atoms with Crippen molar-refractivity contribution in [3.8, 4) is 5.75 Å². The molecule has 3 aromatic rings. The van der Waals surface area contributed by atoms with Gasteiger partial charge in [-0.25, -0.2) is 8.60 Å². The van der Waals surface area contributed by atoms with Crippen molar-refractivity contribution < 1.29 is 27.7 Å². The van der Waals surface area contributed by atoms with Crippen LogP contribution in [-0.4, -0.2) is 60.3 Å². The van der Waals surface area contributed by atoms with E-state index in [-0.39, 0.29) is 41.0 Å². The Bertz CT molecular complexity index is 1940. The summed E-state index contributed by atoms with van der Waals surface area (Å²) < 4.78 is 44.7. The number of halogens is 2. The lowest BCUT2D eigenvalue weighted by molar-refractivity contribution is -0.116. The molecular formula is C41H46ClFN2O5S. The maximum absolute atomic E-state index is 14.4. The minimum atomic E-state index is -3.21. The first-order valence-electron chi connectivity index (χ1n) is 18.2. The SMILES string of the molecule is CO[C@H]1/C=C/CCC[S@@](=O)(CC(=O)CCc2ccc(F)cc2)=NC(=O)c2ccc3c(c2)N(C[C@@H]2CC[C@H]21)C[C@@]1(CCCc2cc(Cl)ccc21)CO3. The average molecular weight is 733 g/mol. The third-order valence-electron chi connectivity index (χ3n) is 11.3. The number of carbonyl (C=O) groups excluding carboxylic acids is 2. The van der Waals surface area contributed by atoms with E-state index < -0.39 is 15.6 Å². The fourth-order valence-corrected chi connectivity index (χ4v) is 10.6. The second-order valence-corrected chi connectivity index (χ2v) is 17.6. The number of rotatable bonds is 6. The lowest BCUT2D eigenvalue weighted by Gasteiger charge is -2.46. The Morgan fingerprint density at radius 1 is 1.12 bits per heavy atom. The van der Waals surface area contributed by atoms with E-state index in [9.17, 15) is 18.2 Å². The number of fused-ring (bicyclic) bond motifs is 4. The molecule has 270 valence electrons. The zero-order chi connectivity index (χ0) is 35.6. The van der Waals surface area contributed by atoms with Gasteiger partial charge in [-0.2, -0.15) is 4.36 Å². The summed E-state index contributed by atoms with van der Waals surface area (Å²) in [5.41, 5.74) is 4.26. The highest BCUT2D eigenvalue weighted by molar-refractivity contribution is 7.94. The molecule has 7 nitrogen and oxygen atoms in total. The number of anilines is 1. The van der Waals surface area contributed by atoms with Crippen LogP contribution in [0.3, 0.4) is 0 Å². The number of ether oxygens (including phenoxy) is 2. The highest BCUT2D eigenvalue weighted by Gasteiger charge is 2.44. The van der Waals surface area contributed by atoms with Gasteiger partial charge in [0.25, 0.3) is 5.91 Å². The van der Waals surface area contributed by atoms with Gasteiger partial charge in [0.15, 0.2) is 0 Å². The molecule has 1 fully saturated rings. The number of hydrogen-bond acceptors (Lipinski definition) is 6. The van der Waals surface area contributed by atoms with Gasteiger partial charge in [0.2, 0.25) is 0 Å². The zero-order valence-electron chi connectivity index (χ0n) is 29.2. The van der Waals surface area contributed by atoms with Gasteiger partial charge in [0.05, 0.1) is 33.9 Å². The summed E-state index contributed by atoms with van der Waals surface area (Å²) in [6.07, 6.45) is 11.0. The summed E-state index contributed by atoms with van der Waals surface area (Å²) in [4.78, 5) is 29.5. The molecule has 51 heavy (non-hydrogen) atoms. The van der Waals surface area contributed by atoms with Crippen LogP contribution in [0.4, 0.5) is 10.1 Å². The molecule has 2 aliphatic heterocycles. The smallest absolute Gasteiger partial charge is 0.285 e. The van der Waals surface area contributed by atoms with Crippen molar-refractivity contribution in [2.45, 2.75) is 69.3 Å². The van der Waals surface area contributed by atoms with Crippen molar-refractivity contribution in [1.82, 2.24) is 0 Å². The van der Waals surface area contributed by atoms with Crippen LogP contribution < -0.4 is 9.64 Å². The Hall–Kier alpha value is -3.53. The van der Waals surface area contributed by atoms with Crippen LogP contribution in [0, 0.1) is 17.7 Å². The van der Waals surface area contributed by atoms with E-state index in [0.717, 1.165) is 61.5 Å². The lowest BCUT2D eigenvalue weighted by atomic mass is 9.68. The largest absolute Gasteiger partial charge is 0.490 e. The van der Waals surface area contributed by atoms with Crippen molar-refractivity contribution >= 4 is 38.7 Å². The molecule has 2 heterocycles. The Balaban J connectivity index is 1.23. The number of benzene rings is 3. The fraction of sp³-hybridized carbons (Fsp3) is 0.463. The molecule has 2 bridgehead atoms. The third kappa shape index (κ3) is 7.96. The first kappa shape index (κ1) is 35.9. The summed E-state index contributed by atoms with van der Waals surface area (Å²) in [5, 5.41) is 0.739. The van der Waals surface area contributed by atoms with Gasteiger partial charge in [-0.05, 0) is 122 Å². The van der Waals surface area contributed by atoms with E-state index in [1.165, 1.54) is 23.3 Å². The van der Waals surface area contributed by atoms with Crippen molar-refractivity contribution in [2.24, 2.45) is 16.2 Å². The monoisotopic (exact) mass is 732 g/mol. The first-order chi connectivity index (χ1) is 24.6. The molecule has 1 spiro atoms. The van der Waals surface area contributed by atoms with E-state index in [1.807, 2.05) is 18.2 Å². The molecule has 0 unspecified atom stereocenters. The lowest BCUT2D eigenvalue weighted by Crippen LogP contribution is -2.49. The number of nitrogens with zero attached hydrogens (tertiary/aromatic N) is 2. The molecule has 7 rings (SSSR count). The number of methoxy groups -OCH3 is 1. The summed E-state index contributed by atoms with van der Waals surface area (Å²) >= 11 is 6.45. The molecule has 0 aromatic heterocycles. The summed E-state index contributed by atoms with van der Waals surface area (Å²) in [7, 11) is -1.45. The third-order valence-corrected chi connectivity index (χ3v) is 13.7. The number of hydrogen-bond donors (Lipinski definition) is 0. The minimum Gasteiger partial charge on any atom is -0.490 e. The molecule has 2 aliphatic carbocycles. The number of aryl methyl sites for hydroxylation is 2. The predicted octanol–water partition coefficient (Wildman–Crippen LogP) is 8.15. The second kappa shape index (κ2) is 15.2. The standard InChI is InChI=1S/C41H46ClFN2O5S/c1-49-38-7-3-2-4-21-51(48,25-34(46)16-10-28-8-14-33(43)15-9-28)44-40(47)30-12-19-39-37(23-30)45(24-31-11-17-35(31)38)26-41(27-50-39)20-5-6-29-22-32(42)13-18-36(29)41/h3,7-9,12-15,18-19,22-23,31,35,38H,2,4-6,10-11,16-17,20-21,24-27H2,1H3/b7-3+/t31-,35+,38-,41-,51+/m0/s1. The van der Waals surface area contributed by atoms with Crippen molar-refractivity contribution in [3.05, 3.63) is 106 Å². The van der Waals surface area contributed by atoms with Crippen LogP contribution in [0.5, 0.6) is 5.75 Å². The Morgan fingerprint density at radius 3 is 2.75 bits per heavy atom. The van der Waals surface area contributed by atoms with Gasteiger partial charge in [0.1, 0.15) is 17.3 Å². The van der Waals surface area contributed by atoms with Gasteiger partial charge < -0.3 is 14.4 Å². The molecular weight excluding hydrogens is 687 g/mol. The highest BCUT2D eigenvalue weighted by Crippen LogP contribution is 2.47. The zero-order valence-corrected chi connectivity index (χ0v) is 30.7. The van der Waals surface area contributed by atoms with Crippen LogP contribution in [-0.2, 0) is 37.5 Å². The van der Waals surface area contributed by atoms with Gasteiger partial charge in [-0.3, -0.25) is 9.59 Å². The van der Waals surface area contributed by atoms with E-state index >= 15 is 0 Å². The van der Waals surface area contributed by atoms with Crippen LogP contribution in [0.25, 0.3) is 0 Å². The van der Waals surface area contributed by atoms with Crippen molar-refractivity contribution in [2.75, 3.05) is 43.2 Å². The number of Topliss-reactive ketones (excluding diaryl/α,β-unsaturated/α-hetero) is 1. The summed E-state index contributed by atoms with van der Waals surface area (Å²) in [6, 6.07) is 17.6. The normalized spacial score (nSPS) is 28.3. The van der Waals surface area contributed by atoms with Crippen molar-refractivity contribution in [3.63, 3.8) is 0 Å². The van der Waals surface area contributed by atoms with E-state index in [4.69, 9.17) is 21.1 Å². The molecule has 1 amide bonds. The molecule has 1 saturated carbocycles. The van der Waals surface area contributed by atoms with E-state index in [1.54, 1.807) is 25.3 Å². The fourth-order valence-electron chi connectivity index (χ4n) is 8.45. The van der Waals surface area contributed by atoms with Crippen LogP contribution in [0.2, 0.25) is 5.02 Å². The highest BCUT2D eigenvalue weighted by atomic mass is 35.5. The Morgan fingerprint density at radius 2 is 1.96 bits per heavy atom. The van der Waals surface area contributed by atoms with Crippen LogP contribution >= 0.6 is 11.6 Å². The van der Waals surface area contributed by atoms with Gasteiger partial charge >= 0.3 is 0 Å². The van der Waals surface area contributed by atoms with Gasteiger partial charge in [-0.1, -0.05) is 42.0 Å². The second-order valence-electron chi connectivity index (χ2n) is 14.7. The number of amides is 1. The maximum atomic E-state index is 14.4. The minimum absolute atomic E-state index is 0.0409. The molecule has 3 aromatic carbocycles.